The van der Waals surface area contributed by atoms with Gasteiger partial charge in [0.1, 0.15) is 5.75 Å². The third-order valence-corrected chi connectivity index (χ3v) is 5.21. The van der Waals surface area contributed by atoms with Gasteiger partial charge in [0.25, 0.3) is 5.91 Å². The molecule has 0 radical (unpaired) electrons. The number of rotatable bonds is 3. The summed E-state index contributed by atoms with van der Waals surface area (Å²) in [6, 6.07) is 5.05. The van der Waals surface area contributed by atoms with E-state index in [0.717, 1.165) is 25.7 Å². The third-order valence-electron chi connectivity index (χ3n) is 4.97. The van der Waals surface area contributed by atoms with Gasteiger partial charge in [-0.15, -0.1) is 0 Å². The van der Waals surface area contributed by atoms with Crippen molar-refractivity contribution in [1.29, 1.82) is 0 Å². The van der Waals surface area contributed by atoms with Gasteiger partial charge in [0.05, 0.1) is 12.7 Å². The Morgan fingerprint density at radius 2 is 1.71 bits per heavy atom. The molecular formula is C18H23ClN2O3. The summed E-state index contributed by atoms with van der Waals surface area (Å²) in [6.07, 6.45) is 4.34. The molecule has 0 atom stereocenters. The highest BCUT2D eigenvalue weighted by molar-refractivity contribution is 6.31. The SMILES string of the molecule is COc1ccc(Cl)cc1C(=O)N1CCN(C(=O)C2CCCC2)CC1. The van der Waals surface area contributed by atoms with Crippen molar-refractivity contribution in [1.82, 2.24) is 9.80 Å². The zero-order valence-electron chi connectivity index (χ0n) is 14.0. The maximum Gasteiger partial charge on any atom is 0.257 e. The fraction of sp³-hybridized carbons (Fsp3) is 0.556. The van der Waals surface area contributed by atoms with Crippen molar-refractivity contribution in [3.63, 3.8) is 0 Å². The molecule has 2 amide bonds. The van der Waals surface area contributed by atoms with E-state index in [1.807, 2.05) is 4.90 Å². The van der Waals surface area contributed by atoms with Crippen LogP contribution in [-0.4, -0.2) is 54.9 Å². The van der Waals surface area contributed by atoms with Crippen LogP contribution in [0.2, 0.25) is 5.02 Å². The number of piperazine rings is 1. The van der Waals surface area contributed by atoms with Crippen molar-refractivity contribution in [2.45, 2.75) is 25.7 Å². The minimum atomic E-state index is -0.0951. The first-order valence-corrected chi connectivity index (χ1v) is 8.89. The molecule has 1 saturated heterocycles. The molecule has 1 saturated carbocycles. The Bertz CT molecular complexity index is 621. The molecule has 6 heteroatoms. The largest absolute Gasteiger partial charge is 0.496 e. The van der Waals surface area contributed by atoms with Gasteiger partial charge in [0.2, 0.25) is 5.91 Å². The van der Waals surface area contributed by atoms with E-state index in [4.69, 9.17) is 16.3 Å². The number of halogens is 1. The second kappa shape index (κ2) is 7.43. The van der Waals surface area contributed by atoms with Crippen molar-refractivity contribution >= 4 is 23.4 Å². The van der Waals surface area contributed by atoms with Gasteiger partial charge in [-0.3, -0.25) is 9.59 Å². The Kier molecular flexibility index (Phi) is 5.29. The highest BCUT2D eigenvalue weighted by Gasteiger charge is 2.31. The molecule has 0 bridgehead atoms. The van der Waals surface area contributed by atoms with Crippen molar-refractivity contribution in [3.8, 4) is 5.75 Å². The number of carbonyl (C=O) groups is 2. The highest BCUT2D eigenvalue weighted by Crippen LogP contribution is 2.28. The van der Waals surface area contributed by atoms with E-state index in [9.17, 15) is 9.59 Å². The maximum absolute atomic E-state index is 12.7. The molecule has 0 spiro atoms. The molecule has 3 rings (SSSR count). The number of hydrogen-bond acceptors (Lipinski definition) is 3. The lowest BCUT2D eigenvalue weighted by molar-refractivity contribution is -0.136. The number of ether oxygens (including phenoxy) is 1. The predicted molar refractivity (Wildman–Crippen MR) is 92.4 cm³/mol. The number of benzene rings is 1. The van der Waals surface area contributed by atoms with Gasteiger partial charge in [0, 0.05) is 37.1 Å². The van der Waals surface area contributed by atoms with Crippen LogP contribution >= 0.6 is 11.6 Å². The summed E-state index contributed by atoms with van der Waals surface area (Å²) < 4.78 is 5.27. The van der Waals surface area contributed by atoms with Gasteiger partial charge >= 0.3 is 0 Å². The molecule has 1 aliphatic carbocycles. The average molecular weight is 351 g/mol. The van der Waals surface area contributed by atoms with E-state index < -0.39 is 0 Å². The first-order chi connectivity index (χ1) is 11.6. The Labute approximate surface area is 147 Å². The van der Waals surface area contributed by atoms with Crippen LogP contribution in [0.5, 0.6) is 5.75 Å². The Balaban J connectivity index is 1.63. The highest BCUT2D eigenvalue weighted by atomic mass is 35.5. The molecule has 5 nitrogen and oxygen atoms in total. The summed E-state index contributed by atoms with van der Waals surface area (Å²) in [5.41, 5.74) is 0.473. The second-order valence-electron chi connectivity index (χ2n) is 6.44. The lowest BCUT2D eigenvalue weighted by atomic mass is 10.1. The molecule has 1 aromatic rings. The summed E-state index contributed by atoms with van der Waals surface area (Å²) in [7, 11) is 1.54. The first-order valence-electron chi connectivity index (χ1n) is 8.51. The van der Waals surface area contributed by atoms with Crippen LogP contribution < -0.4 is 4.74 Å². The molecule has 0 unspecified atom stereocenters. The molecule has 1 aliphatic heterocycles. The number of hydrogen-bond donors (Lipinski definition) is 0. The topological polar surface area (TPSA) is 49.9 Å². The van der Waals surface area contributed by atoms with Crippen LogP contribution in [0.1, 0.15) is 36.0 Å². The van der Waals surface area contributed by atoms with Gasteiger partial charge in [-0.1, -0.05) is 24.4 Å². The van der Waals surface area contributed by atoms with Crippen LogP contribution in [0, 0.1) is 5.92 Å². The molecule has 0 aromatic heterocycles. The van der Waals surface area contributed by atoms with Crippen LogP contribution in [0.15, 0.2) is 18.2 Å². The molecule has 24 heavy (non-hydrogen) atoms. The molecule has 2 aliphatic rings. The quantitative estimate of drug-likeness (QED) is 0.842. The zero-order valence-corrected chi connectivity index (χ0v) is 14.7. The van der Waals surface area contributed by atoms with Crippen molar-refractivity contribution < 1.29 is 14.3 Å². The van der Waals surface area contributed by atoms with Gasteiger partial charge in [-0.25, -0.2) is 0 Å². The molecule has 1 aromatic carbocycles. The fourth-order valence-electron chi connectivity index (χ4n) is 3.58. The first kappa shape index (κ1) is 17.1. The van der Waals surface area contributed by atoms with Gasteiger partial charge in [0.15, 0.2) is 0 Å². The predicted octanol–water partition coefficient (Wildman–Crippen LogP) is 2.82. The van der Waals surface area contributed by atoms with Crippen LogP contribution in [-0.2, 0) is 4.79 Å². The lowest BCUT2D eigenvalue weighted by Gasteiger charge is -2.36. The van der Waals surface area contributed by atoms with Crippen molar-refractivity contribution in [3.05, 3.63) is 28.8 Å². The van der Waals surface area contributed by atoms with E-state index in [0.29, 0.717) is 42.5 Å². The summed E-state index contributed by atoms with van der Waals surface area (Å²) in [5, 5.41) is 0.509. The fourth-order valence-corrected chi connectivity index (χ4v) is 3.75. The molecular weight excluding hydrogens is 328 g/mol. The molecule has 130 valence electrons. The summed E-state index contributed by atoms with van der Waals surface area (Å²) in [6.45, 7) is 2.30. The van der Waals surface area contributed by atoms with Crippen LogP contribution in [0.3, 0.4) is 0 Å². The Hall–Kier alpha value is -1.75. The van der Waals surface area contributed by atoms with Crippen molar-refractivity contribution in [2.75, 3.05) is 33.3 Å². The summed E-state index contributed by atoms with van der Waals surface area (Å²) in [4.78, 5) is 28.9. The smallest absolute Gasteiger partial charge is 0.257 e. The van der Waals surface area contributed by atoms with E-state index in [1.54, 1.807) is 23.1 Å². The number of carbonyl (C=O) groups excluding carboxylic acids is 2. The molecule has 1 heterocycles. The van der Waals surface area contributed by atoms with E-state index >= 15 is 0 Å². The van der Waals surface area contributed by atoms with E-state index in [2.05, 4.69) is 0 Å². The zero-order chi connectivity index (χ0) is 17.1. The second-order valence-corrected chi connectivity index (χ2v) is 6.88. The lowest BCUT2D eigenvalue weighted by Crippen LogP contribution is -2.51. The van der Waals surface area contributed by atoms with Gasteiger partial charge in [-0.05, 0) is 31.0 Å². The monoisotopic (exact) mass is 350 g/mol. The maximum atomic E-state index is 12.7. The normalized spacial score (nSPS) is 18.8. The third kappa shape index (κ3) is 3.51. The van der Waals surface area contributed by atoms with Crippen LogP contribution in [0.4, 0.5) is 0 Å². The van der Waals surface area contributed by atoms with Crippen LogP contribution in [0.25, 0.3) is 0 Å². The summed E-state index contributed by atoms with van der Waals surface area (Å²) in [5.74, 6) is 0.886. The molecule has 2 fully saturated rings. The van der Waals surface area contributed by atoms with Crippen molar-refractivity contribution in [2.24, 2.45) is 5.92 Å². The van der Waals surface area contributed by atoms with Gasteiger partial charge < -0.3 is 14.5 Å². The Morgan fingerprint density at radius 1 is 1.08 bits per heavy atom. The average Bonchev–Trinajstić information content (AvgIpc) is 3.15. The standard InChI is InChI=1S/C18H23ClN2O3/c1-24-16-7-6-14(19)12-15(16)18(23)21-10-8-20(9-11-21)17(22)13-4-2-3-5-13/h6-7,12-13H,2-5,8-11H2,1H3. The minimum Gasteiger partial charge on any atom is -0.496 e. The minimum absolute atomic E-state index is 0.0951. The Morgan fingerprint density at radius 3 is 2.33 bits per heavy atom. The number of methoxy groups -OCH3 is 1. The summed E-state index contributed by atoms with van der Waals surface area (Å²) >= 11 is 6.02. The van der Waals surface area contributed by atoms with E-state index in [-0.39, 0.29) is 17.7 Å². The number of nitrogens with zero attached hydrogens (tertiary/aromatic N) is 2. The van der Waals surface area contributed by atoms with Gasteiger partial charge in [-0.2, -0.15) is 0 Å². The van der Waals surface area contributed by atoms with E-state index in [1.165, 1.54) is 7.11 Å². The molecule has 0 N–H and O–H groups in total. The number of amides is 2.